The number of rotatable bonds is 1. The Labute approximate surface area is 100 Å². The molecule has 4 atom stereocenters. The van der Waals surface area contributed by atoms with Gasteiger partial charge in [-0.25, -0.2) is 0 Å². The number of aliphatic hydroxyl groups is 1. The maximum absolute atomic E-state index is 11.5. The van der Waals surface area contributed by atoms with E-state index in [2.05, 4.69) is 0 Å². The molecule has 0 aromatic heterocycles. The van der Waals surface area contributed by atoms with E-state index in [0.29, 0.717) is 6.42 Å². The van der Waals surface area contributed by atoms with Crippen molar-refractivity contribution in [3.8, 4) is 0 Å². The lowest BCUT2D eigenvalue weighted by atomic mass is 9.72. The normalized spacial score (nSPS) is 36.4. The maximum atomic E-state index is 11.5. The molecule has 0 unspecified atom stereocenters. The predicted octanol–water partition coefficient (Wildman–Crippen LogP) is 1.86. The number of fused-ring (bicyclic) bond motifs is 4. The molecule has 1 aromatic carbocycles. The molecule has 3 heteroatoms. The number of aliphatic hydroxyl groups excluding tert-OH is 1. The van der Waals surface area contributed by atoms with Crippen LogP contribution in [0.25, 0.3) is 0 Å². The quantitative estimate of drug-likeness (QED) is 0.752. The third-order valence-corrected chi connectivity index (χ3v) is 3.97. The number of hydrogen-bond donors (Lipinski definition) is 1. The lowest BCUT2D eigenvalue weighted by Gasteiger charge is -2.36. The van der Waals surface area contributed by atoms with Crippen molar-refractivity contribution in [3.63, 3.8) is 0 Å². The molecule has 3 nitrogen and oxygen atoms in total. The molecule has 3 fully saturated rings. The average molecular weight is 232 g/mol. The summed E-state index contributed by atoms with van der Waals surface area (Å²) < 4.78 is 5.28. The summed E-state index contributed by atoms with van der Waals surface area (Å²) in [6.45, 7) is 0. The summed E-state index contributed by atoms with van der Waals surface area (Å²) in [4.78, 5) is 11.5. The molecule has 1 saturated carbocycles. The van der Waals surface area contributed by atoms with E-state index in [1.807, 2.05) is 30.3 Å². The molecule has 1 N–H and O–H groups in total. The molecular weight excluding hydrogens is 216 g/mol. The van der Waals surface area contributed by atoms with Crippen LogP contribution in [0.4, 0.5) is 0 Å². The Kier molecular flexibility index (Phi) is 2.63. The molecule has 3 aliphatic rings. The Bertz CT molecular complexity index is 415. The first-order valence-electron chi connectivity index (χ1n) is 6.18. The molecule has 4 rings (SSSR count). The van der Waals surface area contributed by atoms with E-state index in [1.54, 1.807) is 0 Å². The van der Waals surface area contributed by atoms with Crippen molar-refractivity contribution in [2.24, 2.45) is 5.92 Å². The van der Waals surface area contributed by atoms with Crippen LogP contribution >= 0.6 is 0 Å². The van der Waals surface area contributed by atoms with Gasteiger partial charge in [0.1, 0.15) is 6.10 Å². The molecule has 0 amide bonds. The molecule has 2 aliphatic heterocycles. The fraction of sp³-hybridized carbons (Fsp3) is 0.500. The molecule has 0 spiro atoms. The van der Waals surface area contributed by atoms with Gasteiger partial charge >= 0.3 is 5.97 Å². The first-order valence-corrected chi connectivity index (χ1v) is 6.18. The smallest absolute Gasteiger partial charge is 0.306 e. The van der Waals surface area contributed by atoms with Crippen LogP contribution in [-0.2, 0) is 9.53 Å². The van der Waals surface area contributed by atoms with Crippen LogP contribution in [-0.4, -0.2) is 23.3 Å². The summed E-state index contributed by atoms with van der Waals surface area (Å²) >= 11 is 0. The van der Waals surface area contributed by atoms with Gasteiger partial charge in [-0.2, -0.15) is 0 Å². The topological polar surface area (TPSA) is 46.5 Å². The zero-order valence-electron chi connectivity index (χ0n) is 9.58. The van der Waals surface area contributed by atoms with E-state index in [1.165, 1.54) is 0 Å². The SMILES string of the molecule is O=C1C[C@@H]2CC[C@H](O1)[C@H](O)[C@H]2c1ccccc1. The second-order valence-electron chi connectivity index (χ2n) is 5.00. The Morgan fingerprint density at radius 3 is 2.71 bits per heavy atom. The number of benzene rings is 1. The molecule has 1 aliphatic carbocycles. The van der Waals surface area contributed by atoms with E-state index < -0.39 is 6.10 Å². The highest BCUT2D eigenvalue weighted by Gasteiger charge is 2.45. The van der Waals surface area contributed by atoms with E-state index >= 15 is 0 Å². The van der Waals surface area contributed by atoms with Gasteiger partial charge in [0.25, 0.3) is 0 Å². The Balaban J connectivity index is 1.97. The van der Waals surface area contributed by atoms with Crippen molar-refractivity contribution in [1.82, 2.24) is 0 Å². The molecule has 90 valence electrons. The van der Waals surface area contributed by atoms with Crippen molar-refractivity contribution in [2.75, 3.05) is 0 Å². The van der Waals surface area contributed by atoms with Gasteiger partial charge < -0.3 is 9.84 Å². The number of ether oxygens (including phenoxy) is 1. The van der Waals surface area contributed by atoms with Crippen LogP contribution in [0.1, 0.15) is 30.7 Å². The molecule has 2 heterocycles. The second-order valence-corrected chi connectivity index (χ2v) is 5.00. The predicted molar refractivity (Wildman–Crippen MR) is 62.4 cm³/mol. The number of carbonyl (C=O) groups is 1. The van der Waals surface area contributed by atoms with Crippen LogP contribution in [0, 0.1) is 5.92 Å². The number of hydrogen-bond acceptors (Lipinski definition) is 3. The molecule has 2 bridgehead atoms. The zero-order chi connectivity index (χ0) is 11.8. The minimum atomic E-state index is -0.553. The molecular formula is C14H16O3. The average Bonchev–Trinajstić information content (AvgIpc) is 2.58. The van der Waals surface area contributed by atoms with Crippen molar-refractivity contribution in [2.45, 2.75) is 37.4 Å². The molecule has 0 radical (unpaired) electrons. The van der Waals surface area contributed by atoms with E-state index in [-0.39, 0.29) is 23.9 Å². The second kappa shape index (κ2) is 4.15. The minimum Gasteiger partial charge on any atom is -0.460 e. The summed E-state index contributed by atoms with van der Waals surface area (Å²) in [6.07, 6.45) is 1.33. The van der Waals surface area contributed by atoms with Gasteiger partial charge in [-0.15, -0.1) is 0 Å². The fourth-order valence-corrected chi connectivity index (χ4v) is 3.17. The van der Waals surface area contributed by atoms with E-state index in [9.17, 15) is 9.90 Å². The third kappa shape index (κ3) is 1.84. The summed E-state index contributed by atoms with van der Waals surface area (Å²) in [7, 11) is 0. The Morgan fingerprint density at radius 1 is 1.18 bits per heavy atom. The van der Waals surface area contributed by atoms with E-state index in [0.717, 1.165) is 18.4 Å². The highest BCUT2D eigenvalue weighted by molar-refractivity contribution is 5.71. The Morgan fingerprint density at radius 2 is 1.94 bits per heavy atom. The van der Waals surface area contributed by atoms with Crippen LogP contribution in [0.2, 0.25) is 0 Å². The van der Waals surface area contributed by atoms with Gasteiger partial charge in [0.2, 0.25) is 0 Å². The lowest BCUT2D eigenvalue weighted by Crippen LogP contribution is -2.39. The van der Waals surface area contributed by atoms with E-state index in [4.69, 9.17) is 4.74 Å². The van der Waals surface area contributed by atoms with Crippen molar-refractivity contribution >= 4 is 5.97 Å². The van der Waals surface area contributed by atoms with Crippen molar-refractivity contribution in [1.29, 1.82) is 0 Å². The largest absolute Gasteiger partial charge is 0.460 e. The summed E-state index contributed by atoms with van der Waals surface area (Å²) in [5, 5.41) is 10.3. The van der Waals surface area contributed by atoms with Gasteiger partial charge in [-0.05, 0) is 24.3 Å². The maximum Gasteiger partial charge on any atom is 0.306 e. The molecule has 2 saturated heterocycles. The van der Waals surface area contributed by atoms with Crippen LogP contribution in [0.3, 0.4) is 0 Å². The Hall–Kier alpha value is -1.35. The first-order chi connectivity index (χ1) is 8.25. The van der Waals surface area contributed by atoms with Crippen LogP contribution in [0.5, 0.6) is 0 Å². The summed E-state index contributed by atoms with van der Waals surface area (Å²) in [6, 6.07) is 9.97. The molecule has 1 aromatic rings. The number of carbonyl (C=O) groups excluding carboxylic acids is 1. The number of esters is 1. The molecule has 17 heavy (non-hydrogen) atoms. The fourth-order valence-electron chi connectivity index (χ4n) is 3.17. The monoisotopic (exact) mass is 232 g/mol. The van der Waals surface area contributed by atoms with Crippen LogP contribution in [0.15, 0.2) is 30.3 Å². The highest BCUT2D eigenvalue weighted by atomic mass is 16.6. The highest BCUT2D eigenvalue weighted by Crippen LogP contribution is 2.43. The van der Waals surface area contributed by atoms with Gasteiger partial charge in [0.15, 0.2) is 0 Å². The van der Waals surface area contributed by atoms with Crippen LogP contribution < -0.4 is 0 Å². The standard InChI is InChI=1S/C14H16O3/c15-12-8-10-6-7-11(17-12)14(16)13(10)9-4-2-1-3-5-9/h1-5,10-11,13-14,16H,6-8H2/t10-,11-,13-,14-/m0/s1. The summed E-state index contributed by atoms with van der Waals surface area (Å²) in [5.41, 5.74) is 1.12. The zero-order valence-corrected chi connectivity index (χ0v) is 9.58. The summed E-state index contributed by atoms with van der Waals surface area (Å²) in [5.74, 6) is 0.107. The van der Waals surface area contributed by atoms with Crippen molar-refractivity contribution in [3.05, 3.63) is 35.9 Å². The minimum absolute atomic E-state index is 0.0430. The third-order valence-electron chi connectivity index (χ3n) is 3.97. The first kappa shape index (κ1) is 10.8. The van der Waals surface area contributed by atoms with Gasteiger partial charge in [-0.1, -0.05) is 30.3 Å². The van der Waals surface area contributed by atoms with Gasteiger partial charge in [-0.3, -0.25) is 4.79 Å². The lowest BCUT2D eigenvalue weighted by molar-refractivity contribution is -0.152. The van der Waals surface area contributed by atoms with Gasteiger partial charge in [0, 0.05) is 12.3 Å². The van der Waals surface area contributed by atoms with Crippen molar-refractivity contribution < 1.29 is 14.6 Å². The van der Waals surface area contributed by atoms with Gasteiger partial charge in [0.05, 0.1) is 6.10 Å².